The molecule has 0 aliphatic carbocycles. The minimum absolute atomic E-state index is 0.107. The van der Waals surface area contributed by atoms with Gasteiger partial charge in [0.05, 0.1) is 16.3 Å². The van der Waals surface area contributed by atoms with Crippen LogP contribution in [0.15, 0.2) is 29.8 Å². The van der Waals surface area contributed by atoms with Crippen LogP contribution in [0.1, 0.15) is 18.0 Å². The SMILES string of the molecule is CC(Nc1nc2ccc(F)cc2s1)c1nccs1. The number of fused-ring (bicyclic) bond motifs is 1. The van der Waals surface area contributed by atoms with Crippen LogP contribution in [0.5, 0.6) is 0 Å². The summed E-state index contributed by atoms with van der Waals surface area (Å²) < 4.78 is 13.9. The lowest BCUT2D eigenvalue weighted by molar-refractivity contribution is 0.630. The molecular formula is C12H10FN3S2. The molecular weight excluding hydrogens is 269 g/mol. The topological polar surface area (TPSA) is 37.8 Å². The Labute approximate surface area is 111 Å². The zero-order chi connectivity index (χ0) is 12.5. The molecule has 0 amide bonds. The summed E-state index contributed by atoms with van der Waals surface area (Å²) >= 11 is 3.05. The van der Waals surface area contributed by atoms with Gasteiger partial charge in [-0.15, -0.1) is 11.3 Å². The molecule has 18 heavy (non-hydrogen) atoms. The van der Waals surface area contributed by atoms with E-state index in [2.05, 4.69) is 15.3 Å². The van der Waals surface area contributed by atoms with Gasteiger partial charge in [0.15, 0.2) is 5.13 Å². The smallest absolute Gasteiger partial charge is 0.184 e. The first-order chi connectivity index (χ1) is 8.72. The molecule has 2 aromatic heterocycles. The summed E-state index contributed by atoms with van der Waals surface area (Å²) in [7, 11) is 0. The summed E-state index contributed by atoms with van der Waals surface area (Å²) in [6.07, 6.45) is 1.78. The van der Waals surface area contributed by atoms with E-state index in [4.69, 9.17) is 0 Å². The Bertz CT molecular complexity index is 663. The minimum atomic E-state index is -0.231. The van der Waals surface area contributed by atoms with Crippen LogP contribution in [0.4, 0.5) is 9.52 Å². The van der Waals surface area contributed by atoms with Gasteiger partial charge in [-0.3, -0.25) is 0 Å². The summed E-state index contributed by atoms with van der Waals surface area (Å²) in [5.41, 5.74) is 0.815. The molecule has 0 saturated carbocycles. The first-order valence-electron chi connectivity index (χ1n) is 5.44. The molecule has 3 nitrogen and oxygen atoms in total. The van der Waals surface area contributed by atoms with Gasteiger partial charge in [-0.05, 0) is 25.1 Å². The van der Waals surface area contributed by atoms with Crippen LogP contribution in [0.25, 0.3) is 10.2 Å². The molecule has 1 unspecified atom stereocenters. The predicted octanol–water partition coefficient (Wildman–Crippen LogP) is 4.07. The number of aromatic nitrogens is 2. The molecule has 1 N–H and O–H groups in total. The zero-order valence-corrected chi connectivity index (χ0v) is 11.2. The van der Waals surface area contributed by atoms with Crippen LogP contribution in [0, 0.1) is 5.82 Å². The lowest BCUT2D eigenvalue weighted by Crippen LogP contribution is -2.05. The van der Waals surface area contributed by atoms with Crippen LogP contribution in [-0.4, -0.2) is 9.97 Å². The Morgan fingerprint density at radius 3 is 3.06 bits per heavy atom. The Balaban J connectivity index is 1.86. The minimum Gasteiger partial charge on any atom is -0.353 e. The molecule has 1 aromatic carbocycles. The molecule has 0 radical (unpaired) electrons. The van der Waals surface area contributed by atoms with Gasteiger partial charge >= 0.3 is 0 Å². The Kier molecular flexibility index (Phi) is 2.97. The van der Waals surface area contributed by atoms with Crippen LogP contribution < -0.4 is 5.32 Å². The van der Waals surface area contributed by atoms with E-state index in [1.54, 1.807) is 23.6 Å². The van der Waals surface area contributed by atoms with Crippen molar-refractivity contribution in [2.24, 2.45) is 0 Å². The second-order valence-corrected chi connectivity index (χ2v) is 5.82. The Hall–Kier alpha value is -1.53. The standard InChI is InChI=1S/C12H10FN3S2/c1-7(11-14-4-5-17-11)15-12-16-9-3-2-8(13)6-10(9)18-12/h2-7H,1H3,(H,15,16). The van der Waals surface area contributed by atoms with Crippen molar-refractivity contribution in [3.63, 3.8) is 0 Å². The van der Waals surface area contributed by atoms with Crippen LogP contribution >= 0.6 is 22.7 Å². The first-order valence-corrected chi connectivity index (χ1v) is 7.14. The van der Waals surface area contributed by atoms with Gasteiger partial charge in [0.1, 0.15) is 10.8 Å². The summed E-state index contributed by atoms with van der Waals surface area (Å²) in [5, 5.41) is 7.04. The molecule has 92 valence electrons. The average Bonchev–Trinajstić information content (AvgIpc) is 2.95. The van der Waals surface area contributed by atoms with Crippen molar-refractivity contribution in [2.75, 3.05) is 5.32 Å². The maximum atomic E-state index is 13.1. The fraction of sp³-hybridized carbons (Fsp3) is 0.167. The van der Waals surface area contributed by atoms with E-state index in [-0.39, 0.29) is 11.9 Å². The molecule has 0 aliphatic rings. The number of hydrogen-bond acceptors (Lipinski definition) is 5. The van der Waals surface area contributed by atoms with Crippen molar-refractivity contribution in [2.45, 2.75) is 13.0 Å². The average molecular weight is 279 g/mol. The molecule has 0 spiro atoms. The fourth-order valence-corrected chi connectivity index (χ4v) is 3.28. The lowest BCUT2D eigenvalue weighted by atomic mass is 10.3. The summed E-state index contributed by atoms with van der Waals surface area (Å²) in [4.78, 5) is 8.67. The molecule has 0 bridgehead atoms. The Morgan fingerprint density at radius 2 is 2.28 bits per heavy atom. The van der Waals surface area contributed by atoms with Crippen molar-refractivity contribution < 1.29 is 4.39 Å². The highest BCUT2D eigenvalue weighted by atomic mass is 32.1. The number of thiazole rings is 2. The second-order valence-electron chi connectivity index (χ2n) is 3.87. The summed E-state index contributed by atoms with van der Waals surface area (Å²) in [5.74, 6) is -0.231. The van der Waals surface area contributed by atoms with Gasteiger partial charge in [-0.1, -0.05) is 11.3 Å². The third-order valence-electron chi connectivity index (χ3n) is 2.51. The summed E-state index contributed by atoms with van der Waals surface area (Å²) in [6.45, 7) is 2.03. The maximum absolute atomic E-state index is 13.1. The van der Waals surface area contributed by atoms with E-state index in [1.807, 2.05) is 12.3 Å². The molecule has 3 aromatic rings. The van der Waals surface area contributed by atoms with Crippen molar-refractivity contribution >= 4 is 38.0 Å². The van der Waals surface area contributed by atoms with Crippen LogP contribution in [0.2, 0.25) is 0 Å². The van der Waals surface area contributed by atoms with E-state index in [0.29, 0.717) is 0 Å². The van der Waals surface area contributed by atoms with Gasteiger partial charge in [-0.25, -0.2) is 14.4 Å². The van der Waals surface area contributed by atoms with Crippen molar-refractivity contribution in [1.82, 2.24) is 9.97 Å². The number of halogens is 1. The summed E-state index contributed by atoms with van der Waals surface area (Å²) in [6, 6.07) is 4.73. The number of nitrogens with zero attached hydrogens (tertiary/aromatic N) is 2. The zero-order valence-electron chi connectivity index (χ0n) is 9.55. The molecule has 0 aliphatic heterocycles. The number of nitrogens with one attached hydrogen (secondary N) is 1. The quantitative estimate of drug-likeness (QED) is 0.785. The molecule has 3 rings (SSSR count). The molecule has 0 fully saturated rings. The highest BCUT2D eigenvalue weighted by Crippen LogP contribution is 2.29. The van der Waals surface area contributed by atoms with Crippen molar-refractivity contribution in [3.05, 3.63) is 40.6 Å². The molecule has 1 atom stereocenters. The van der Waals surface area contributed by atoms with E-state index in [1.165, 1.54) is 23.5 Å². The number of anilines is 1. The van der Waals surface area contributed by atoms with E-state index in [0.717, 1.165) is 20.4 Å². The lowest BCUT2D eigenvalue weighted by Gasteiger charge is -2.08. The van der Waals surface area contributed by atoms with E-state index < -0.39 is 0 Å². The van der Waals surface area contributed by atoms with E-state index >= 15 is 0 Å². The molecule has 2 heterocycles. The highest BCUT2D eigenvalue weighted by Gasteiger charge is 2.11. The third kappa shape index (κ3) is 2.21. The largest absolute Gasteiger partial charge is 0.353 e. The van der Waals surface area contributed by atoms with Gasteiger partial charge in [0.2, 0.25) is 0 Å². The normalized spacial score (nSPS) is 12.8. The van der Waals surface area contributed by atoms with Gasteiger partial charge in [0.25, 0.3) is 0 Å². The van der Waals surface area contributed by atoms with Crippen molar-refractivity contribution in [1.29, 1.82) is 0 Å². The van der Waals surface area contributed by atoms with Gasteiger partial charge in [0, 0.05) is 11.6 Å². The first kappa shape index (κ1) is 11.6. The van der Waals surface area contributed by atoms with Crippen LogP contribution in [0.3, 0.4) is 0 Å². The number of hydrogen-bond donors (Lipinski definition) is 1. The molecule has 6 heteroatoms. The Morgan fingerprint density at radius 1 is 1.39 bits per heavy atom. The second kappa shape index (κ2) is 4.62. The highest BCUT2D eigenvalue weighted by molar-refractivity contribution is 7.22. The van der Waals surface area contributed by atoms with Gasteiger partial charge in [-0.2, -0.15) is 0 Å². The third-order valence-corrected chi connectivity index (χ3v) is 4.42. The van der Waals surface area contributed by atoms with Crippen LogP contribution in [-0.2, 0) is 0 Å². The number of benzene rings is 1. The monoisotopic (exact) mass is 279 g/mol. The maximum Gasteiger partial charge on any atom is 0.184 e. The van der Waals surface area contributed by atoms with Gasteiger partial charge < -0.3 is 5.32 Å². The molecule has 0 saturated heterocycles. The fourth-order valence-electron chi connectivity index (χ4n) is 1.66. The number of rotatable bonds is 3. The van der Waals surface area contributed by atoms with E-state index in [9.17, 15) is 4.39 Å². The van der Waals surface area contributed by atoms with Crippen molar-refractivity contribution in [3.8, 4) is 0 Å². The predicted molar refractivity (Wildman–Crippen MR) is 73.7 cm³/mol.